The lowest BCUT2D eigenvalue weighted by Gasteiger charge is -2.19. The number of aromatic hydroxyl groups is 1. The topological polar surface area (TPSA) is 66.5 Å². The number of hydrogen-bond donors (Lipinski definition) is 3. The summed E-state index contributed by atoms with van der Waals surface area (Å²) in [5.74, 6) is 0.255. The monoisotopic (exact) mass is 245 g/mol. The molecule has 0 unspecified atom stereocenters. The Balaban J connectivity index is 2.32. The predicted octanol–water partition coefficient (Wildman–Crippen LogP) is 2.71. The maximum atomic E-state index is 9.92. The van der Waals surface area contributed by atoms with Gasteiger partial charge in [-0.05, 0) is 41.0 Å². The summed E-state index contributed by atoms with van der Waals surface area (Å²) in [5, 5.41) is 21.3. The van der Waals surface area contributed by atoms with Gasteiger partial charge in [0.25, 0.3) is 0 Å². The zero-order valence-corrected chi connectivity index (χ0v) is 10.5. The molecule has 0 saturated heterocycles. The van der Waals surface area contributed by atoms with E-state index in [0.29, 0.717) is 6.42 Å². The van der Waals surface area contributed by atoms with Crippen LogP contribution in [0.5, 0.6) is 5.75 Å². The molecule has 2 atom stereocenters. The molecule has 0 radical (unpaired) electrons. The van der Waals surface area contributed by atoms with Crippen LogP contribution in [-0.2, 0) is 0 Å². The third-order valence-corrected chi connectivity index (χ3v) is 3.23. The molecule has 0 fully saturated rings. The van der Waals surface area contributed by atoms with Crippen LogP contribution >= 0.6 is 0 Å². The lowest BCUT2D eigenvalue weighted by molar-refractivity contribution is 0.134. The Kier molecular flexibility index (Phi) is 3.84. The fourth-order valence-electron chi connectivity index (χ4n) is 2.16. The van der Waals surface area contributed by atoms with Crippen molar-refractivity contribution in [2.24, 2.45) is 5.73 Å². The van der Waals surface area contributed by atoms with Crippen LogP contribution in [0.15, 0.2) is 36.4 Å². The first-order chi connectivity index (χ1) is 8.61. The summed E-state index contributed by atoms with van der Waals surface area (Å²) < 4.78 is 0. The SMILES string of the molecule is CCC[C@@H](O)[C@@H](N)c1ccc2cc(O)ccc2c1. The molecule has 0 saturated carbocycles. The van der Waals surface area contributed by atoms with Crippen LogP contribution in [0, 0.1) is 0 Å². The van der Waals surface area contributed by atoms with Gasteiger partial charge in [-0.25, -0.2) is 0 Å². The van der Waals surface area contributed by atoms with E-state index in [1.807, 2.05) is 31.2 Å². The van der Waals surface area contributed by atoms with Crippen molar-refractivity contribution in [3.05, 3.63) is 42.0 Å². The van der Waals surface area contributed by atoms with Crippen molar-refractivity contribution < 1.29 is 10.2 Å². The zero-order valence-electron chi connectivity index (χ0n) is 10.5. The molecule has 2 rings (SSSR count). The summed E-state index contributed by atoms with van der Waals surface area (Å²) in [6.45, 7) is 2.03. The van der Waals surface area contributed by atoms with Crippen LogP contribution < -0.4 is 5.73 Å². The number of nitrogens with two attached hydrogens (primary N) is 1. The van der Waals surface area contributed by atoms with E-state index in [1.165, 1.54) is 0 Å². The van der Waals surface area contributed by atoms with E-state index in [0.717, 1.165) is 22.8 Å². The van der Waals surface area contributed by atoms with Gasteiger partial charge < -0.3 is 15.9 Å². The number of aliphatic hydroxyl groups is 1. The first-order valence-electron chi connectivity index (χ1n) is 6.28. The fraction of sp³-hybridized carbons (Fsp3) is 0.333. The first kappa shape index (κ1) is 12.9. The van der Waals surface area contributed by atoms with Gasteiger partial charge in [0, 0.05) is 0 Å². The van der Waals surface area contributed by atoms with Crippen LogP contribution in [0.1, 0.15) is 31.4 Å². The van der Waals surface area contributed by atoms with Gasteiger partial charge in [0.05, 0.1) is 12.1 Å². The largest absolute Gasteiger partial charge is 0.508 e. The highest BCUT2D eigenvalue weighted by molar-refractivity contribution is 5.84. The van der Waals surface area contributed by atoms with E-state index >= 15 is 0 Å². The van der Waals surface area contributed by atoms with Crippen molar-refractivity contribution in [3.8, 4) is 5.75 Å². The van der Waals surface area contributed by atoms with E-state index in [-0.39, 0.29) is 11.8 Å². The highest BCUT2D eigenvalue weighted by atomic mass is 16.3. The summed E-state index contributed by atoms with van der Waals surface area (Å²) in [5.41, 5.74) is 6.97. The third kappa shape index (κ3) is 2.63. The molecule has 0 aliphatic rings. The Morgan fingerprint density at radius 3 is 2.50 bits per heavy atom. The molecule has 3 heteroatoms. The standard InChI is InChI=1S/C15H19NO2/c1-2-3-14(18)15(16)12-5-4-11-9-13(17)7-6-10(11)8-12/h4-9,14-15,17-18H,2-3,16H2,1H3/t14-,15+/m1/s1. The molecule has 4 N–H and O–H groups in total. The van der Waals surface area contributed by atoms with Crippen LogP contribution in [0.3, 0.4) is 0 Å². The van der Waals surface area contributed by atoms with Gasteiger partial charge in [0.1, 0.15) is 5.75 Å². The number of rotatable bonds is 4. The quantitative estimate of drug-likeness (QED) is 0.776. The van der Waals surface area contributed by atoms with E-state index < -0.39 is 6.10 Å². The lowest BCUT2D eigenvalue weighted by atomic mass is 9.96. The Hall–Kier alpha value is -1.58. The number of aliphatic hydroxyl groups excluding tert-OH is 1. The second-order valence-corrected chi connectivity index (χ2v) is 4.67. The van der Waals surface area contributed by atoms with Gasteiger partial charge >= 0.3 is 0 Å². The molecular formula is C15H19NO2. The van der Waals surface area contributed by atoms with Crippen LogP contribution in [0.25, 0.3) is 10.8 Å². The Bertz CT molecular complexity index is 539. The molecule has 0 aliphatic carbocycles. The van der Waals surface area contributed by atoms with Gasteiger partial charge in [0.15, 0.2) is 0 Å². The van der Waals surface area contributed by atoms with E-state index in [1.54, 1.807) is 12.1 Å². The Morgan fingerprint density at radius 1 is 1.11 bits per heavy atom. The number of benzene rings is 2. The highest BCUT2D eigenvalue weighted by Gasteiger charge is 2.16. The second kappa shape index (κ2) is 5.38. The Labute approximate surface area is 107 Å². The average Bonchev–Trinajstić information content (AvgIpc) is 2.37. The van der Waals surface area contributed by atoms with Gasteiger partial charge in [-0.3, -0.25) is 0 Å². The molecule has 18 heavy (non-hydrogen) atoms. The minimum atomic E-state index is -0.510. The van der Waals surface area contributed by atoms with Crippen molar-refractivity contribution in [3.63, 3.8) is 0 Å². The normalized spacial score (nSPS) is 14.6. The molecule has 0 aliphatic heterocycles. The zero-order chi connectivity index (χ0) is 13.1. The molecule has 2 aromatic carbocycles. The molecule has 2 aromatic rings. The number of hydrogen-bond acceptors (Lipinski definition) is 3. The first-order valence-corrected chi connectivity index (χ1v) is 6.28. The van der Waals surface area contributed by atoms with Gasteiger partial charge in [0.2, 0.25) is 0 Å². The van der Waals surface area contributed by atoms with E-state index in [2.05, 4.69) is 0 Å². The highest BCUT2D eigenvalue weighted by Crippen LogP contribution is 2.25. The summed E-state index contributed by atoms with van der Waals surface area (Å²) in [4.78, 5) is 0. The van der Waals surface area contributed by atoms with Crippen molar-refractivity contribution >= 4 is 10.8 Å². The molecule has 0 heterocycles. The van der Waals surface area contributed by atoms with Crippen molar-refractivity contribution in [1.82, 2.24) is 0 Å². The van der Waals surface area contributed by atoms with Gasteiger partial charge in [-0.2, -0.15) is 0 Å². The minimum absolute atomic E-state index is 0.255. The molecule has 0 bridgehead atoms. The smallest absolute Gasteiger partial charge is 0.116 e. The van der Waals surface area contributed by atoms with Crippen molar-refractivity contribution in [2.75, 3.05) is 0 Å². The molecule has 0 spiro atoms. The Morgan fingerprint density at radius 2 is 1.78 bits per heavy atom. The molecule has 0 aromatic heterocycles. The average molecular weight is 245 g/mol. The lowest BCUT2D eigenvalue weighted by Crippen LogP contribution is -2.25. The summed E-state index contributed by atoms with van der Waals surface area (Å²) in [6, 6.07) is 10.7. The van der Waals surface area contributed by atoms with Gasteiger partial charge in [-0.1, -0.05) is 31.5 Å². The number of phenols is 1. The summed E-state index contributed by atoms with van der Waals surface area (Å²) >= 11 is 0. The number of phenolic OH excluding ortho intramolecular Hbond substituents is 1. The minimum Gasteiger partial charge on any atom is -0.508 e. The van der Waals surface area contributed by atoms with Crippen molar-refractivity contribution in [2.45, 2.75) is 31.9 Å². The maximum Gasteiger partial charge on any atom is 0.116 e. The summed E-state index contributed by atoms with van der Waals surface area (Å²) in [6.07, 6.45) is 1.11. The number of fused-ring (bicyclic) bond motifs is 1. The van der Waals surface area contributed by atoms with Crippen LogP contribution in [-0.4, -0.2) is 16.3 Å². The maximum absolute atomic E-state index is 9.92. The van der Waals surface area contributed by atoms with E-state index in [9.17, 15) is 10.2 Å². The van der Waals surface area contributed by atoms with E-state index in [4.69, 9.17) is 5.73 Å². The predicted molar refractivity (Wildman–Crippen MR) is 73.5 cm³/mol. The molecular weight excluding hydrogens is 226 g/mol. The second-order valence-electron chi connectivity index (χ2n) is 4.67. The third-order valence-electron chi connectivity index (χ3n) is 3.23. The van der Waals surface area contributed by atoms with Crippen LogP contribution in [0.2, 0.25) is 0 Å². The molecule has 0 amide bonds. The fourth-order valence-corrected chi connectivity index (χ4v) is 2.16. The molecule has 96 valence electrons. The molecule has 3 nitrogen and oxygen atoms in total. The van der Waals surface area contributed by atoms with Crippen LogP contribution in [0.4, 0.5) is 0 Å². The van der Waals surface area contributed by atoms with Crippen molar-refractivity contribution in [1.29, 1.82) is 0 Å². The summed E-state index contributed by atoms with van der Waals surface area (Å²) in [7, 11) is 0. The van der Waals surface area contributed by atoms with Gasteiger partial charge in [-0.15, -0.1) is 0 Å².